The van der Waals surface area contributed by atoms with Crippen LogP contribution in [0.3, 0.4) is 0 Å². The van der Waals surface area contributed by atoms with Gasteiger partial charge in [0, 0.05) is 13.7 Å². The Morgan fingerprint density at radius 3 is 2.80 bits per heavy atom. The van der Waals surface area contributed by atoms with Crippen molar-refractivity contribution < 1.29 is 9.53 Å². The van der Waals surface area contributed by atoms with Gasteiger partial charge in [-0.2, -0.15) is 0 Å². The summed E-state index contributed by atoms with van der Waals surface area (Å²) >= 11 is 0. The molecule has 4 nitrogen and oxygen atoms in total. The largest absolute Gasteiger partial charge is 0.376 e. The minimum Gasteiger partial charge on any atom is -0.376 e. The van der Waals surface area contributed by atoms with Crippen molar-refractivity contribution in [2.75, 3.05) is 20.2 Å². The van der Waals surface area contributed by atoms with Gasteiger partial charge in [0.25, 0.3) is 0 Å². The van der Waals surface area contributed by atoms with Gasteiger partial charge < -0.3 is 15.4 Å². The molecule has 2 rings (SSSR count). The Hall–Kier alpha value is -0.610. The Morgan fingerprint density at radius 2 is 2.33 bits per heavy atom. The first-order valence-electron chi connectivity index (χ1n) is 5.82. The van der Waals surface area contributed by atoms with E-state index in [1.165, 1.54) is 6.42 Å². The Kier molecular flexibility index (Phi) is 3.26. The van der Waals surface area contributed by atoms with Crippen LogP contribution < -0.4 is 10.6 Å². The topological polar surface area (TPSA) is 50.4 Å². The summed E-state index contributed by atoms with van der Waals surface area (Å²) in [6.07, 6.45) is 5.43. The molecular formula is C11H20N2O2. The molecule has 0 unspecified atom stereocenters. The first-order chi connectivity index (χ1) is 7.26. The maximum atomic E-state index is 11.7. The third-order valence-electron chi connectivity index (χ3n) is 3.66. The number of hydrogen-bond acceptors (Lipinski definition) is 3. The molecule has 0 bridgehead atoms. The van der Waals surface area contributed by atoms with Gasteiger partial charge in [-0.15, -0.1) is 0 Å². The fourth-order valence-electron chi connectivity index (χ4n) is 2.30. The molecule has 15 heavy (non-hydrogen) atoms. The highest BCUT2D eigenvalue weighted by Crippen LogP contribution is 2.34. The van der Waals surface area contributed by atoms with E-state index in [0.29, 0.717) is 6.54 Å². The van der Waals surface area contributed by atoms with Gasteiger partial charge in [0.1, 0.15) is 0 Å². The van der Waals surface area contributed by atoms with Crippen LogP contribution in [-0.2, 0) is 9.53 Å². The van der Waals surface area contributed by atoms with E-state index >= 15 is 0 Å². The summed E-state index contributed by atoms with van der Waals surface area (Å²) in [5.74, 6) is 0.135. The molecule has 1 atom stereocenters. The molecule has 1 heterocycles. The minimum absolute atomic E-state index is 0.0268. The standard InChI is InChI=1S/C11H20N2O2/c1-15-11(5-3-6-11)8-13-10(14)9-4-2-7-12-9/h9,12H,2-8H2,1H3,(H,13,14)/t9-/m0/s1. The zero-order chi connectivity index (χ0) is 10.7. The van der Waals surface area contributed by atoms with E-state index in [4.69, 9.17) is 4.74 Å². The number of hydrogen-bond donors (Lipinski definition) is 2. The Balaban J connectivity index is 1.74. The fourth-order valence-corrected chi connectivity index (χ4v) is 2.30. The van der Waals surface area contributed by atoms with Gasteiger partial charge in [-0.25, -0.2) is 0 Å². The van der Waals surface area contributed by atoms with Gasteiger partial charge >= 0.3 is 0 Å². The molecule has 2 fully saturated rings. The molecule has 0 aromatic heterocycles. The summed E-state index contributed by atoms with van der Waals surface area (Å²) in [7, 11) is 1.74. The van der Waals surface area contributed by atoms with Crippen LogP contribution in [-0.4, -0.2) is 37.7 Å². The van der Waals surface area contributed by atoms with Gasteiger partial charge in [0.2, 0.25) is 5.91 Å². The number of ether oxygens (including phenoxy) is 1. The number of methoxy groups -OCH3 is 1. The predicted octanol–water partition coefficient (Wildman–Crippen LogP) is 0.424. The normalized spacial score (nSPS) is 28.5. The summed E-state index contributed by atoms with van der Waals surface area (Å²) in [5.41, 5.74) is -0.0612. The van der Waals surface area contributed by atoms with Crippen LogP contribution in [0.2, 0.25) is 0 Å². The number of nitrogens with one attached hydrogen (secondary N) is 2. The average Bonchev–Trinajstić information content (AvgIpc) is 2.69. The van der Waals surface area contributed by atoms with E-state index in [2.05, 4.69) is 10.6 Å². The third-order valence-corrected chi connectivity index (χ3v) is 3.66. The Bertz CT molecular complexity index is 227. The summed E-state index contributed by atoms with van der Waals surface area (Å²) in [6.45, 7) is 1.63. The van der Waals surface area contributed by atoms with Crippen LogP contribution in [0.1, 0.15) is 32.1 Å². The molecule has 1 saturated carbocycles. The highest BCUT2D eigenvalue weighted by atomic mass is 16.5. The minimum atomic E-state index is -0.0612. The number of carbonyl (C=O) groups is 1. The number of rotatable bonds is 4. The van der Waals surface area contributed by atoms with Crippen LogP contribution >= 0.6 is 0 Å². The molecule has 0 aromatic carbocycles. The van der Waals surface area contributed by atoms with E-state index in [1.807, 2.05) is 0 Å². The van der Waals surface area contributed by atoms with Crippen molar-refractivity contribution in [1.29, 1.82) is 0 Å². The lowest BCUT2D eigenvalue weighted by atomic mass is 9.80. The van der Waals surface area contributed by atoms with Gasteiger partial charge in [0.15, 0.2) is 0 Å². The lowest BCUT2D eigenvalue weighted by Crippen LogP contribution is -2.52. The maximum Gasteiger partial charge on any atom is 0.237 e. The zero-order valence-corrected chi connectivity index (χ0v) is 9.34. The van der Waals surface area contributed by atoms with Gasteiger partial charge in [-0.05, 0) is 38.6 Å². The van der Waals surface area contributed by atoms with Gasteiger partial charge in [-0.3, -0.25) is 4.79 Å². The third kappa shape index (κ3) is 2.32. The van der Waals surface area contributed by atoms with Crippen LogP contribution in [0, 0.1) is 0 Å². The number of amides is 1. The smallest absolute Gasteiger partial charge is 0.237 e. The maximum absolute atomic E-state index is 11.7. The first-order valence-corrected chi connectivity index (χ1v) is 5.82. The number of carbonyl (C=O) groups excluding carboxylic acids is 1. The van der Waals surface area contributed by atoms with Crippen LogP contribution in [0.5, 0.6) is 0 Å². The van der Waals surface area contributed by atoms with Crippen molar-refractivity contribution in [2.24, 2.45) is 0 Å². The lowest BCUT2D eigenvalue weighted by molar-refractivity contribution is -0.126. The van der Waals surface area contributed by atoms with Gasteiger partial charge in [0.05, 0.1) is 11.6 Å². The van der Waals surface area contributed by atoms with E-state index in [1.54, 1.807) is 7.11 Å². The molecule has 4 heteroatoms. The summed E-state index contributed by atoms with van der Waals surface area (Å²) < 4.78 is 5.45. The van der Waals surface area contributed by atoms with E-state index in [9.17, 15) is 4.79 Å². The van der Waals surface area contributed by atoms with Crippen molar-refractivity contribution in [3.8, 4) is 0 Å². The monoisotopic (exact) mass is 212 g/mol. The molecule has 0 spiro atoms. The van der Waals surface area contributed by atoms with Crippen molar-refractivity contribution in [2.45, 2.75) is 43.7 Å². The molecule has 1 aliphatic heterocycles. The van der Waals surface area contributed by atoms with Crippen molar-refractivity contribution in [1.82, 2.24) is 10.6 Å². The predicted molar refractivity (Wildman–Crippen MR) is 57.6 cm³/mol. The second-order valence-electron chi connectivity index (χ2n) is 4.61. The molecule has 1 saturated heterocycles. The molecule has 0 radical (unpaired) electrons. The molecule has 1 aliphatic carbocycles. The van der Waals surface area contributed by atoms with Crippen LogP contribution in [0.15, 0.2) is 0 Å². The van der Waals surface area contributed by atoms with E-state index < -0.39 is 0 Å². The van der Waals surface area contributed by atoms with Crippen LogP contribution in [0.25, 0.3) is 0 Å². The molecule has 1 amide bonds. The molecule has 0 aromatic rings. The highest BCUT2D eigenvalue weighted by molar-refractivity contribution is 5.82. The van der Waals surface area contributed by atoms with Crippen molar-refractivity contribution in [3.63, 3.8) is 0 Å². The van der Waals surface area contributed by atoms with Crippen molar-refractivity contribution in [3.05, 3.63) is 0 Å². The summed E-state index contributed by atoms with van der Waals surface area (Å²) in [6, 6.07) is 0.0268. The second-order valence-corrected chi connectivity index (χ2v) is 4.61. The quantitative estimate of drug-likeness (QED) is 0.710. The van der Waals surface area contributed by atoms with Gasteiger partial charge in [-0.1, -0.05) is 0 Å². The molecule has 2 N–H and O–H groups in total. The molecular weight excluding hydrogens is 192 g/mol. The Labute approximate surface area is 90.8 Å². The first kappa shape index (κ1) is 10.9. The lowest BCUT2D eigenvalue weighted by Gasteiger charge is -2.40. The average molecular weight is 212 g/mol. The highest BCUT2D eigenvalue weighted by Gasteiger charge is 2.37. The second kappa shape index (κ2) is 4.49. The summed E-state index contributed by atoms with van der Waals surface area (Å²) in [5, 5.41) is 6.19. The van der Waals surface area contributed by atoms with Crippen LogP contribution in [0.4, 0.5) is 0 Å². The van der Waals surface area contributed by atoms with Crippen molar-refractivity contribution >= 4 is 5.91 Å². The molecule has 2 aliphatic rings. The summed E-state index contributed by atoms with van der Waals surface area (Å²) in [4.78, 5) is 11.7. The SMILES string of the molecule is COC1(CNC(=O)[C@@H]2CCCN2)CCC1. The zero-order valence-electron chi connectivity index (χ0n) is 9.34. The Morgan fingerprint density at radius 1 is 1.53 bits per heavy atom. The van der Waals surface area contributed by atoms with E-state index in [-0.39, 0.29) is 17.6 Å². The molecule has 86 valence electrons. The fraction of sp³-hybridized carbons (Fsp3) is 0.909. The van der Waals surface area contributed by atoms with E-state index in [0.717, 1.165) is 32.2 Å².